The molecule has 1 atom stereocenters. The van der Waals surface area contributed by atoms with Gasteiger partial charge in [-0.05, 0) is 43.5 Å². The maximum absolute atomic E-state index is 10.6. The van der Waals surface area contributed by atoms with Crippen molar-refractivity contribution in [3.63, 3.8) is 0 Å². The number of nitrogens with two attached hydrogens (primary N) is 1. The van der Waals surface area contributed by atoms with E-state index in [2.05, 4.69) is 0 Å². The molecular weight excluding hydrogens is 244 g/mol. The van der Waals surface area contributed by atoms with E-state index in [0.717, 1.165) is 22.3 Å². The lowest BCUT2D eigenvalue weighted by molar-refractivity contribution is -0.402. The van der Waals surface area contributed by atoms with E-state index < -0.39 is 11.0 Å². The molecule has 0 aliphatic rings. The fourth-order valence-electron chi connectivity index (χ4n) is 2.43. The quantitative estimate of drug-likeness (QED) is 0.678. The predicted octanol–water partition coefficient (Wildman–Crippen LogP) is 3.16. The highest BCUT2D eigenvalue weighted by Gasteiger charge is 2.21. The summed E-state index contributed by atoms with van der Waals surface area (Å²) in [6, 6.07) is 6.48. The Morgan fingerprint density at radius 1 is 1.21 bits per heavy atom. The molecule has 1 aromatic heterocycles. The van der Waals surface area contributed by atoms with Gasteiger partial charge in [0.05, 0.1) is 12.1 Å². The fourth-order valence-corrected chi connectivity index (χ4v) is 2.43. The molecule has 19 heavy (non-hydrogen) atoms. The number of benzene rings is 1. The summed E-state index contributed by atoms with van der Waals surface area (Å²) in [5.74, 6) is 0.120. The monoisotopic (exact) mass is 260 g/mol. The Balaban J connectivity index is 2.43. The van der Waals surface area contributed by atoms with Gasteiger partial charge in [0, 0.05) is 0 Å². The van der Waals surface area contributed by atoms with Gasteiger partial charge in [-0.2, -0.15) is 0 Å². The van der Waals surface area contributed by atoms with E-state index in [1.165, 1.54) is 6.07 Å². The third kappa shape index (κ3) is 2.51. The van der Waals surface area contributed by atoms with Crippen LogP contribution in [0.5, 0.6) is 0 Å². The van der Waals surface area contributed by atoms with E-state index in [1.54, 1.807) is 6.07 Å². The number of furan rings is 1. The first-order valence-electron chi connectivity index (χ1n) is 5.97. The van der Waals surface area contributed by atoms with Crippen LogP contribution in [0.15, 0.2) is 28.7 Å². The van der Waals surface area contributed by atoms with Gasteiger partial charge in [0.1, 0.15) is 10.7 Å². The van der Waals surface area contributed by atoms with Gasteiger partial charge in [-0.15, -0.1) is 0 Å². The van der Waals surface area contributed by atoms with Crippen LogP contribution >= 0.6 is 0 Å². The molecule has 100 valence electrons. The van der Waals surface area contributed by atoms with Crippen LogP contribution in [-0.4, -0.2) is 4.92 Å². The minimum Gasteiger partial charge on any atom is -0.404 e. The van der Waals surface area contributed by atoms with Crippen LogP contribution in [0.3, 0.4) is 0 Å². The number of hydrogen-bond donors (Lipinski definition) is 1. The molecule has 1 unspecified atom stereocenters. The second-order valence-corrected chi connectivity index (χ2v) is 4.72. The molecule has 2 aromatic rings. The molecule has 0 spiro atoms. The maximum atomic E-state index is 10.6. The molecule has 2 rings (SSSR count). The largest absolute Gasteiger partial charge is 0.433 e. The van der Waals surface area contributed by atoms with E-state index in [-0.39, 0.29) is 5.88 Å². The molecule has 0 radical (unpaired) electrons. The summed E-state index contributed by atoms with van der Waals surface area (Å²) >= 11 is 0. The van der Waals surface area contributed by atoms with Gasteiger partial charge >= 0.3 is 5.88 Å². The molecule has 0 aliphatic heterocycles. The van der Waals surface area contributed by atoms with Crippen LogP contribution in [0.1, 0.15) is 34.1 Å². The Morgan fingerprint density at radius 3 is 2.26 bits per heavy atom. The van der Waals surface area contributed by atoms with Gasteiger partial charge in [-0.1, -0.05) is 17.7 Å². The van der Waals surface area contributed by atoms with Crippen LogP contribution in [0, 0.1) is 30.9 Å². The van der Waals surface area contributed by atoms with Crippen molar-refractivity contribution >= 4 is 5.88 Å². The first-order chi connectivity index (χ1) is 8.90. The zero-order chi connectivity index (χ0) is 14.2. The zero-order valence-electron chi connectivity index (χ0n) is 11.1. The molecule has 0 bridgehead atoms. The van der Waals surface area contributed by atoms with Gasteiger partial charge in [0.15, 0.2) is 0 Å². The van der Waals surface area contributed by atoms with Crippen molar-refractivity contribution in [3.05, 3.63) is 62.4 Å². The van der Waals surface area contributed by atoms with Gasteiger partial charge in [-0.3, -0.25) is 10.1 Å². The number of rotatable bonds is 3. The molecule has 0 saturated carbocycles. The second-order valence-electron chi connectivity index (χ2n) is 4.72. The van der Waals surface area contributed by atoms with Crippen molar-refractivity contribution in [2.24, 2.45) is 5.73 Å². The van der Waals surface area contributed by atoms with E-state index in [0.29, 0.717) is 5.76 Å². The summed E-state index contributed by atoms with van der Waals surface area (Å²) in [5.41, 5.74) is 10.4. The average Bonchev–Trinajstić information content (AvgIpc) is 2.76. The molecule has 2 N–H and O–H groups in total. The normalized spacial score (nSPS) is 12.4. The number of nitrogens with zero attached hydrogens (tertiary/aromatic N) is 1. The summed E-state index contributed by atoms with van der Waals surface area (Å²) in [6.07, 6.45) is 0. The van der Waals surface area contributed by atoms with E-state index >= 15 is 0 Å². The summed E-state index contributed by atoms with van der Waals surface area (Å²) in [4.78, 5) is 10.1. The Kier molecular flexibility index (Phi) is 3.40. The fraction of sp³-hybridized carbons (Fsp3) is 0.286. The summed E-state index contributed by atoms with van der Waals surface area (Å²) in [6.45, 7) is 5.98. The topological polar surface area (TPSA) is 82.3 Å². The van der Waals surface area contributed by atoms with Crippen molar-refractivity contribution in [1.82, 2.24) is 0 Å². The SMILES string of the molecule is Cc1cc(C)c(C(N)c2ccc([N+](=O)[O-])o2)c(C)c1. The number of hydrogen-bond acceptors (Lipinski definition) is 4. The molecule has 0 saturated heterocycles. The molecule has 5 heteroatoms. The minimum absolute atomic E-state index is 0.284. The van der Waals surface area contributed by atoms with Crippen LogP contribution < -0.4 is 5.73 Å². The molecule has 1 aromatic carbocycles. The number of aryl methyl sites for hydroxylation is 3. The Bertz CT molecular complexity index is 608. The molecule has 1 heterocycles. The summed E-state index contributed by atoms with van der Waals surface area (Å²) < 4.78 is 5.18. The lowest BCUT2D eigenvalue weighted by Crippen LogP contribution is -2.14. The van der Waals surface area contributed by atoms with Gasteiger partial charge < -0.3 is 10.2 Å². The summed E-state index contributed by atoms with van der Waals surface area (Å²) in [5, 5.41) is 10.6. The Labute approximate surface area is 111 Å². The third-order valence-corrected chi connectivity index (χ3v) is 3.15. The molecule has 0 fully saturated rings. The summed E-state index contributed by atoms with van der Waals surface area (Å²) in [7, 11) is 0. The molecule has 5 nitrogen and oxygen atoms in total. The van der Waals surface area contributed by atoms with Gasteiger partial charge in [0.25, 0.3) is 0 Å². The smallest absolute Gasteiger partial charge is 0.404 e. The predicted molar refractivity (Wildman–Crippen MR) is 72.0 cm³/mol. The maximum Gasteiger partial charge on any atom is 0.433 e. The van der Waals surface area contributed by atoms with Crippen molar-refractivity contribution in [1.29, 1.82) is 0 Å². The van der Waals surface area contributed by atoms with Crippen molar-refractivity contribution in [3.8, 4) is 0 Å². The molecule has 0 amide bonds. The van der Waals surface area contributed by atoms with E-state index in [4.69, 9.17) is 10.2 Å². The van der Waals surface area contributed by atoms with Crippen LogP contribution in [0.25, 0.3) is 0 Å². The Hall–Kier alpha value is -2.14. The second kappa shape index (κ2) is 4.85. The third-order valence-electron chi connectivity index (χ3n) is 3.15. The lowest BCUT2D eigenvalue weighted by Gasteiger charge is -2.16. The van der Waals surface area contributed by atoms with Crippen LogP contribution in [0.2, 0.25) is 0 Å². The molecule has 0 aliphatic carbocycles. The lowest BCUT2D eigenvalue weighted by atomic mass is 9.93. The van der Waals surface area contributed by atoms with Crippen LogP contribution in [0.4, 0.5) is 5.88 Å². The van der Waals surface area contributed by atoms with Crippen LogP contribution in [-0.2, 0) is 0 Å². The van der Waals surface area contributed by atoms with Crippen molar-refractivity contribution < 1.29 is 9.34 Å². The molecular formula is C14H16N2O3. The highest BCUT2D eigenvalue weighted by molar-refractivity contribution is 5.42. The highest BCUT2D eigenvalue weighted by atomic mass is 16.6. The highest BCUT2D eigenvalue weighted by Crippen LogP contribution is 2.29. The van der Waals surface area contributed by atoms with Gasteiger partial charge in [0.2, 0.25) is 0 Å². The minimum atomic E-state index is -0.564. The zero-order valence-corrected chi connectivity index (χ0v) is 11.1. The Morgan fingerprint density at radius 2 is 1.79 bits per heavy atom. The first-order valence-corrected chi connectivity index (χ1v) is 5.97. The van der Waals surface area contributed by atoms with E-state index in [9.17, 15) is 10.1 Å². The first kappa shape index (κ1) is 13.3. The van der Waals surface area contributed by atoms with Crippen molar-refractivity contribution in [2.75, 3.05) is 0 Å². The average molecular weight is 260 g/mol. The van der Waals surface area contributed by atoms with Crippen molar-refractivity contribution in [2.45, 2.75) is 26.8 Å². The standard InChI is InChI=1S/C14H16N2O3/c1-8-6-9(2)13(10(3)7-8)14(15)11-4-5-12(19-11)16(17)18/h4-7,14H,15H2,1-3H3. The number of nitro groups is 1. The van der Waals surface area contributed by atoms with Gasteiger partial charge in [-0.25, -0.2) is 0 Å². The van der Waals surface area contributed by atoms with E-state index in [1.807, 2.05) is 32.9 Å².